The highest BCUT2D eigenvalue weighted by molar-refractivity contribution is 5.93. The summed E-state index contributed by atoms with van der Waals surface area (Å²) in [6.45, 7) is 13.3. The van der Waals surface area contributed by atoms with Crippen LogP contribution in [-0.2, 0) is 0 Å². The Hall–Kier alpha value is -0.730. The summed E-state index contributed by atoms with van der Waals surface area (Å²) < 4.78 is 0. The molecule has 1 aliphatic rings. The van der Waals surface area contributed by atoms with Gasteiger partial charge in [0.05, 0.1) is 26.2 Å². The van der Waals surface area contributed by atoms with E-state index in [1.165, 1.54) is 12.8 Å². The van der Waals surface area contributed by atoms with E-state index in [0.717, 1.165) is 26.2 Å². The maximum atomic E-state index is 2.42. The first-order valence-electron chi connectivity index (χ1n) is 5.92. The largest absolute Gasteiger partial charge is 0.217 e. The van der Waals surface area contributed by atoms with Crippen LogP contribution in [0.25, 0.3) is 0 Å². The highest BCUT2D eigenvalue weighted by atomic mass is 15.8. The first-order valence-corrected chi connectivity index (χ1v) is 5.92. The lowest BCUT2D eigenvalue weighted by Gasteiger charge is -2.24. The number of hydrogen-bond donors (Lipinski definition) is 0. The van der Waals surface area contributed by atoms with Crippen LogP contribution in [-0.4, -0.2) is 46.7 Å². The van der Waals surface area contributed by atoms with Gasteiger partial charge in [-0.05, 0) is 32.5 Å². The smallest absolute Gasteiger partial charge is 0.159 e. The fourth-order valence-electron chi connectivity index (χ4n) is 1.82. The summed E-state index contributed by atoms with van der Waals surface area (Å²) in [7, 11) is 0. The van der Waals surface area contributed by atoms with Crippen molar-refractivity contribution >= 4 is 5.71 Å². The molecule has 1 rings (SSSR count). The Balaban J connectivity index is 2.78. The van der Waals surface area contributed by atoms with Crippen LogP contribution in [0.1, 0.15) is 40.5 Å². The second kappa shape index (κ2) is 5.23. The van der Waals surface area contributed by atoms with Crippen LogP contribution in [0.5, 0.6) is 0 Å². The Bertz CT molecular complexity index is 183. The molecule has 1 aliphatic carbocycles. The molecule has 1 fully saturated rings. The van der Waals surface area contributed by atoms with Gasteiger partial charge in [0.1, 0.15) is 0 Å². The SMILES string of the molecule is CCN(CC)[N+](=C1CC1)N(CC)CC. The molecule has 0 saturated heterocycles. The molecule has 0 aliphatic heterocycles. The molecule has 14 heavy (non-hydrogen) atoms. The lowest BCUT2D eigenvalue weighted by Crippen LogP contribution is -2.47. The lowest BCUT2D eigenvalue weighted by molar-refractivity contribution is -0.813. The van der Waals surface area contributed by atoms with Gasteiger partial charge in [0.25, 0.3) is 0 Å². The predicted octanol–water partition coefficient (Wildman–Crippen LogP) is 1.75. The van der Waals surface area contributed by atoms with E-state index in [-0.39, 0.29) is 0 Å². The molecule has 0 radical (unpaired) electrons. The van der Waals surface area contributed by atoms with Crippen LogP contribution in [0, 0.1) is 0 Å². The standard InChI is InChI=1S/C11H24N3/c1-5-12(6-2)14(11-9-10-11)13(7-3)8-4/h5-10H2,1-4H3/q+1. The molecule has 0 bridgehead atoms. The number of nitrogens with zero attached hydrogens (tertiary/aromatic N) is 3. The molecule has 0 heterocycles. The third kappa shape index (κ3) is 2.40. The van der Waals surface area contributed by atoms with Gasteiger partial charge >= 0.3 is 0 Å². The maximum Gasteiger partial charge on any atom is 0.217 e. The summed E-state index contributed by atoms with van der Waals surface area (Å²) in [6.07, 6.45) is 2.57. The van der Waals surface area contributed by atoms with Crippen molar-refractivity contribution < 1.29 is 4.79 Å². The van der Waals surface area contributed by atoms with Gasteiger partial charge < -0.3 is 0 Å². The Morgan fingerprint density at radius 1 is 0.857 bits per heavy atom. The fourth-order valence-corrected chi connectivity index (χ4v) is 1.82. The van der Waals surface area contributed by atoms with Crippen LogP contribution < -0.4 is 0 Å². The quantitative estimate of drug-likeness (QED) is 0.475. The van der Waals surface area contributed by atoms with Crippen molar-refractivity contribution in [3.05, 3.63) is 0 Å². The highest BCUT2D eigenvalue weighted by Crippen LogP contribution is 2.16. The minimum atomic E-state index is 1.09. The first-order chi connectivity index (χ1) is 6.78. The average molecular weight is 198 g/mol. The second-order valence-electron chi connectivity index (χ2n) is 3.63. The molecule has 3 nitrogen and oxygen atoms in total. The zero-order valence-corrected chi connectivity index (χ0v) is 10.1. The minimum absolute atomic E-state index is 1.09. The van der Waals surface area contributed by atoms with Crippen molar-refractivity contribution in [2.24, 2.45) is 0 Å². The van der Waals surface area contributed by atoms with E-state index in [0.29, 0.717) is 0 Å². The fraction of sp³-hybridized carbons (Fsp3) is 0.909. The third-order valence-corrected chi connectivity index (χ3v) is 2.75. The van der Waals surface area contributed by atoms with E-state index >= 15 is 0 Å². The monoisotopic (exact) mass is 198 g/mol. The van der Waals surface area contributed by atoms with Crippen molar-refractivity contribution in [2.45, 2.75) is 40.5 Å². The molecule has 0 amide bonds. The van der Waals surface area contributed by atoms with Gasteiger partial charge in [-0.15, -0.1) is 0 Å². The van der Waals surface area contributed by atoms with Crippen LogP contribution in [0.3, 0.4) is 0 Å². The second-order valence-corrected chi connectivity index (χ2v) is 3.63. The molecular weight excluding hydrogens is 174 g/mol. The number of hydrogen-bond acceptors (Lipinski definition) is 2. The van der Waals surface area contributed by atoms with E-state index in [4.69, 9.17) is 0 Å². The molecule has 0 unspecified atom stereocenters. The molecular formula is C11H24N3+. The summed E-state index contributed by atoms with van der Waals surface area (Å²) >= 11 is 0. The van der Waals surface area contributed by atoms with Crippen molar-refractivity contribution in [2.75, 3.05) is 26.2 Å². The van der Waals surface area contributed by atoms with Crippen molar-refractivity contribution in [3.8, 4) is 0 Å². The number of rotatable bonds is 6. The Morgan fingerprint density at radius 3 is 1.43 bits per heavy atom. The molecule has 3 heteroatoms. The molecule has 82 valence electrons. The number of hydrazone groups is 2. The van der Waals surface area contributed by atoms with E-state index < -0.39 is 0 Å². The van der Waals surface area contributed by atoms with Crippen LogP contribution in [0.2, 0.25) is 0 Å². The van der Waals surface area contributed by atoms with E-state index in [9.17, 15) is 0 Å². The summed E-state index contributed by atoms with van der Waals surface area (Å²) in [4.78, 5) is 2.42. The average Bonchev–Trinajstić information content (AvgIpc) is 3.02. The summed E-state index contributed by atoms with van der Waals surface area (Å²) in [5, 5.41) is 4.82. The number of hydrazine groups is 2. The lowest BCUT2D eigenvalue weighted by atomic mass is 10.6. The Labute approximate surface area is 87.9 Å². The normalized spacial score (nSPS) is 14.1. The Morgan fingerprint density at radius 2 is 1.21 bits per heavy atom. The minimum Gasteiger partial charge on any atom is -0.159 e. The van der Waals surface area contributed by atoms with Crippen LogP contribution in [0.4, 0.5) is 0 Å². The predicted molar refractivity (Wildman–Crippen MR) is 60.3 cm³/mol. The summed E-state index contributed by atoms with van der Waals surface area (Å²) in [6, 6.07) is 0. The van der Waals surface area contributed by atoms with E-state index in [2.05, 4.69) is 42.5 Å². The van der Waals surface area contributed by atoms with Crippen molar-refractivity contribution in [3.63, 3.8) is 0 Å². The van der Waals surface area contributed by atoms with Crippen LogP contribution >= 0.6 is 0 Å². The molecule has 0 spiro atoms. The van der Waals surface area contributed by atoms with Gasteiger partial charge in [-0.2, -0.15) is 10.0 Å². The maximum absolute atomic E-state index is 2.42. The third-order valence-electron chi connectivity index (χ3n) is 2.75. The molecule has 0 N–H and O–H groups in total. The summed E-state index contributed by atoms with van der Waals surface area (Å²) in [5.41, 5.74) is 1.58. The van der Waals surface area contributed by atoms with Gasteiger partial charge in [0.15, 0.2) is 0 Å². The van der Waals surface area contributed by atoms with Gasteiger partial charge in [-0.25, -0.2) is 0 Å². The van der Waals surface area contributed by atoms with Gasteiger partial charge in [-0.1, -0.05) is 0 Å². The zero-order chi connectivity index (χ0) is 10.6. The Kier molecular flexibility index (Phi) is 4.23. The summed E-state index contributed by atoms with van der Waals surface area (Å²) in [5.74, 6) is 0. The van der Waals surface area contributed by atoms with Crippen molar-refractivity contribution in [1.82, 2.24) is 10.0 Å². The molecule has 0 aromatic carbocycles. The molecule has 0 aromatic heterocycles. The molecule has 0 aromatic rings. The highest BCUT2D eigenvalue weighted by Gasteiger charge is 2.34. The zero-order valence-electron chi connectivity index (χ0n) is 10.1. The van der Waals surface area contributed by atoms with E-state index in [1.54, 1.807) is 5.71 Å². The molecule has 1 saturated carbocycles. The topological polar surface area (TPSA) is 9.49 Å². The van der Waals surface area contributed by atoms with Gasteiger partial charge in [-0.3, -0.25) is 0 Å². The van der Waals surface area contributed by atoms with Crippen LogP contribution in [0.15, 0.2) is 0 Å². The molecule has 0 atom stereocenters. The van der Waals surface area contributed by atoms with Gasteiger partial charge in [0.2, 0.25) is 5.71 Å². The van der Waals surface area contributed by atoms with E-state index in [1.807, 2.05) is 0 Å². The van der Waals surface area contributed by atoms with Gasteiger partial charge in [0, 0.05) is 12.8 Å². The van der Waals surface area contributed by atoms with Crippen molar-refractivity contribution in [1.29, 1.82) is 0 Å². The first kappa shape index (κ1) is 11.3.